The third-order valence-electron chi connectivity index (χ3n) is 3.44. The summed E-state index contributed by atoms with van der Waals surface area (Å²) in [6, 6.07) is 9.88. The van der Waals surface area contributed by atoms with Crippen LogP contribution in [0.4, 0.5) is 0 Å². The zero-order valence-electron chi connectivity index (χ0n) is 13.6. The third kappa shape index (κ3) is 3.49. The largest absolute Gasteiger partial charge is 0.440 e. The molecule has 6 nitrogen and oxygen atoms in total. The first kappa shape index (κ1) is 16.0. The van der Waals surface area contributed by atoms with Gasteiger partial charge in [-0.3, -0.25) is 0 Å². The number of benzene rings is 1. The van der Waals surface area contributed by atoms with E-state index in [1.165, 1.54) is 11.8 Å². The Hall–Kier alpha value is -2.45. The van der Waals surface area contributed by atoms with Gasteiger partial charge in [-0.05, 0) is 13.8 Å². The van der Waals surface area contributed by atoms with Gasteiger partial charge in [-0.15, -0.1) is 21.5 Å². The minimum Gasteiger partial charge on any atom is -0.440 e. The summed E-state index contributed by atoms with van der Waals surface area (Å²) in [5.74, 6) is 2.39. The number of aromatic nitrogens is 4. The molecule has 25 heavy (non-hydrogen) atoms. The van der Waals surface area contributed by atoms with Crippen molar-refractivity contribution in [2.75, 3.05) is 0 Å². The third-order valence-corrected chi connectivity index (χ3v) is 5.30. The topological polar surface area (TPSA) is 77.8 Å². The predicted molar refractivity (Wildman–Crippen MR) is 96.4 cm³/mol. The number of oxazole rings is 1. The fraction of sp³-hybridized carbons (Fsp3) is 0.176. The maximum absolute atomic E-state index is 5.78. The summed E-state index contributed by atoms with van der Waals surface area (Å²) in [6.45, 7) is 3.90. The van der Waals surface area contributed by atoms with Crippen LogP contribution in [0.15, 0.2) is 50.6 Å². The molecular formula is C17H14N4O2S2. The molecule has 0 atom stereocenters. The van der Waals surface area contributed by atoms with E-state index < -0.39 is 0 Å². The van der Waals surface area contributed by atoms with Crippen molar-refractivity contribution in [2.24, 2.45) is 0 Å². The average molecular weight is 370 g/mol. The molecule has 0 unspecified atom stereocenters. The Morgan fingerprint density at radius 1 is 1.08 bits per heavy atom. The standard InChI is InChI=1S/C17H14N4O2S2/c1-10-15(25-11(2)19-10)16-20-21-17(23-16)24-9-14-18-8-13(22-14)12-6-4-3-5-7-12/h3-8H,9H2,1-2H3. The molecule has 0 aliphatic rings. The van der Waals surface area contributed by atoms with E-state index in [-0.39, 0.29) is 0 Å². The quantitative estimate of drug-likeness (QED) is 0.469. The van der Waals surface area contributed by atoms with Crippen LogP contribution in [0, 0.1) is 13.8 Å². The summed E-state index contributed by atoms with van der Waals surface area (Å²) in [7, 11) is 0. The maximum atomic E-state index is 5.78. The molecule has 8 heteroatoms. The highest BCUT2D eigenvalue weighted by Gasteiger charge is 2.16. The summed E-state index contributed by atoms with van der Waals surface area (Å²) < 4.78 is 11.5. The molecule has 0 amide bonds. The first-order valence-corrected chi connectivity index (χ1v) is 9.40. The van der Waals surface area contributed by atoms with Gasteiger partial charge in [0.1, 0.15) is 4.88 Å². The van der Waals surface area contributed by atoms with Gasteiger partial charge in [0.15, 0.2) is 5.76 Å². The Balaban J connectivity index is 1.44. The molecular weight excluding hydrogens is 356 g/mol. The van der Waals surface area contributed by atoms with Gasteiger partial charge in [-0.2, -0.15) is 0 Å². The molecule has 3 heterocycles. The van der Waals surface area contributed by atoms with E-state index in [0.29, 0.717) is 22.8 Å². The predicted octanol–water partition coefficient (Wildman–Crippen LogP) is 4.76. The van der Waals surface area contributed by atoms with Crippen LogP contribution < -0.4 is 0 Å². The molecule has 0 saturated heterocycles. The highest BCUT2D eigenvalue weighted by molar-refractivity contribution is 7.98. The molecule has 4 rings (SSSR count). The Morgan fingerprint density at radius 3 is 2.68 bits per heavy atom. The molecule has 0 N–H and O–H groups in total. The summed E-state index contributed by atoms with van der Waals surface area (Å²) in [4.78, 5) is 9.60. The second-order valence-electron chi connectivity index (χ2n) is 5.29. The molecule has 0 aliphatic carbocycles. The second kappa shape index (κ2) is 6.81. The van der Waals surface area contributed by atoms with Gasteiger partial charge in [0.25, 0.3) is 11.1 Å². The second-order valence-corrected chi connectivity index (χ2v) is 7.42. The first-order chi connectivity index (χ1) is 12.2. The van der Waals surface area contributed by atoms with Crippen LogP contribution in [-0.4, -0.2) is 20.2 Å². The van der Waals surface area contributed by atoms with E-state index in [1.54, 1.807) is 17.5 Å². The normalized spacial score (nSPS) is 11.1. The van der Waals surface area contributed by atoms with Gasteiger partial charge in [-0.1, -0.05) is 42.1 Å². The zero-order valence-corrected chi connectivity index (χ0v) is 15.2. The van der Waals surface area contributed by atoms with Gasteiger partial charge in [-0.25, -0.2) is 9.97 Å². The van der Waals surface area contributed by atoms with Crippen LogP contribution in [0.25, 0.3) is 22.1 Å². The molecule has 126 valence electrons. The van der Waals surface area contributed by atoms with E-state index in [0.717, 1.165) is 26.9 Å². The first-order valence-electron chi connectivity index (χ1n) is 7.60. The Morgan fingerprint density at radius 2 is 1.92 bits per heavy atom. The molecule has 0 aliphatic heterocycles. The SMILES string of the molecule is Cc1nc(C)c(-c2nnc(SCc3ncc(-c4ccccc4)o3)o2)s1. The molecule has 3 aromatic heterocycles. The lowest BCUT2D eigenvalue weighted by Gasteiger charge is -1.94. The fourth-order valence-electron chi connectivity index (χ4n) is 2.33. The number of rotatable bonds is 5. The Bertz CT molecular complexity index is 991. The number of aryl methyl sites for hydroxylation is 2. The minimum atomic E-state index is 0.486. The minimum absolute atomic E-state index is 0.486. The highest BCUT2D eigenvalue weighted by Crippen LogP contribution is 2.31. The Kier molecular flexibility index (Phi) is 4.37. The zero-order chi connectivity index (χ0) is 17.2. The van der Waals surface area contributed by atoms with Crippen molar-refractivity contribution in [1.82, 2.24) is 20.2 Å². The van der Waals surface area contributed by atoms with Crippen molar-refractivity contribution in [3.63, 3.8) is 0 Å². The van der Waals surface area contributed by atoms with Crippen LogP contribution in [0.5, 0.6) is 0 Å². The molecule has 0 spiro atoms. The van der Waals surface area contributed by atoms with E-state index in [4.69, 9.17) is 8.83 Å². The van der Waals surface area contributed by atoms with Crippen LogP contribution in [-0.2, 0) is 5.75 Å². The van der Waals surface area contributed by atoms with Crippen molar-refractivity contribution in [1.29, 1.82) is 0 Å². The van der Waals surface area contributed by atoms with Gasteiger partial charge in [0.05, 0.1) is 22.7 Å². The van der Waals surface area contributed by atoms with Crippen molar-refractivity contribution >= 4 is 23.1 Å². The summed E-state index contributed by atoms with van der Waals surface area (Å²) in [6.07, 6.45) is 1.73. The number of nitrogens with zero attached hydrogens (tertiary/aromatic N) is 4. The number of thioether (sulfide) groups is 1. The lowest BCUT2D eigenvalue weighted by molar-refractivity contribution is 0.465. The maximum Gasteiger partial charge on any atom is 0.277 e. The Labute approximate surface area is 152 Å². The smallest absolute Gasteiger partial charge is 0.277 e. The monoisotopic (exact) mass is 370 g/mol. The van der Waals surface area contributed by atoms with Gasteiger partial charge >= 0.3 is 0 Å². The van der Waals surface area contributed by atoms with Gasteiger partial charge < -0.3 is 8.83 Å². The van der Waals surface area contributed by atoms with E-state index >= 15 is 0 Å². The van der Waals surface area contributed by atoms with Crippen LogP contribution in [0.2, 0.25) is 0 Å². The van der Waals surface area contributed by atoms with Crippen LogP contribution in [0.1, 0.15) is 16.6 Å². The molecule has 1 aromatic carbocycles. The highest BCUT2D eigenvalue weighted by atomic mass is 32.2. The van der Waals surface area contributed by atoms with Crippen molar-refractivity contribution < 1.29 is 8.83 Å². The van der Waals surface area contributed by atoms with Crippen molar-refractivity contribution in [3.8, 4) is 22.1 Å². The number of hydrogen-bond donors (Lipinski definition) is 0. The number of thiazole rings is 1. The van der Waals surface area contributed by atoms with E-state index in [2.05, 4.69) is 20.2 Å². The van der Waals surface area contributed by atoms with Crippen molar-refractivity contribution in [2.45, 2.75) is 24.8 Å². The molecule has 0 radical (unpaired) electrons. The van der Waals surface area contributed by atoms with Crippen LogP contribution in [0.3, 0.4) is 0 Å². The lowest BCUT2D eigenvalue weighted by atomic mass is 10.2. The van der Waals surface area contributed by atoms with E-state index in [1.807, 2.05) is 44.2 Å². The average Bonchev–Trinajstić information content (AvgIpc) is 3.33. The number of hydrogen-bond acceptors (Lipinski definition) is 8. The van der Waals surface area contributed by atoms with Crippen molar-refractivity contribution in [3.05, 3.63) is 53.1 Å². The van der Waals surface area contributed by atoms with Gasteiger partial charge in [0, 0.05) is 5.56 Å². The van der Waals surface area contributed by atoms with Crippen LogP contribution >= 0.6 is 23.1 Å². The molecule has 0 saturated carbocycles. The fourth-order valence-corrected chi connectivity index (χ4v) is 3.78. The summed E-state index contributed by atoms with van der Waals surface area (Å²) in [5.41, 5.74) is 1.91. The lowest BCUT2D eigenvalue weighted by Crippen LogP contribution is -1.79. The molecule has 4 aromatic rings. The summed E-state index contributed by atoms with van der Waals surface area (Å²) >= 11 is 2.95. The van der Waals surface area contributed by atoms with Gasteiger partial charge in [0.2, 0.25) is 5.89 Å². The molecule has 0 bridgehead atoms. The molecule has 0 fully saturated rings. The summed E-state index contributed by atoms with van der Waals surface area (Å²) in [5, 5.41) is 9.65. The van der Waals surface area contributed by atoms with E-state index in [9.17, 15) is 0 Å².